The van der Waals surface area contributed by atoms with Gasteiger partial charge in [-0.1, -0.05) is 39.7 Å². The standard InChI is InChI=1S/C28H21BrClN3O3/c1-18(32(17-23-5-4-16-36-23)27(34)19-8-10-20(29)11-9-19)26-31-25-7-3-2-6-24(25)28(35)33(26)22-14-12-21(30)13-15-22/h2-16,18H,17H2,1H3. The van der Waals surface area contributed by atoms with Crippen molar-refractivity contribution in [3.05, 3.63) is 128 Å². The van der Waals surface area contributed by atoms with Crippen LogP contribution in [0.5, 0.6) is 0 Å². The molecule has 0 N–H and O–H groups in total. The second-order valence-electron chi connectivity index (χ2n) is 8.30. The Morgan fingerprint density at radius 1 is 1.03 bits per heavy atom. The van der Waals surface area contributed by atoms with E-state index in [0.29, 0.717) is 38.8 Å². The van der Waals surface area contributed by atoms with Crippen LogP contribution < -0.4 is 5.56 Å². The van der Waals surface area contributed by atoms with Crippen molar-refractivity contribution in [1.29, 1.82) is 0 Å². The van der Waals surface area contributed by atoms with Crippen LogP contribution in [0.1, 0.15) is 34.9 Å². The lowest BCUT2D eigenvalue weighted by Crippen LogP contribution is -2.37. The molecule has 0 fully saturated rings. The molecule has 1 atom stereocenters. The minimum absolute atomic E-state index is 0.201. The predicted octanol–water partition coefficient (Wildman–Crippen LogP) is 6.80. The van der Waals surface area contributed by atoms with Crippen molar-refractivity contribution in [3.8, 4) is 5.69 Å². The van der Waals surface area contributed by atoms with Crippen LogP contribution in [0.25, 0.3) is 16.6 Å². The Morgan fingerprint density at radius 3 is 2.44 bits per heavy atom. The van der Waals surface area contributed by atoms with Crippen LogP contribution in [-0.4, -0.2) is 20.4 Å². The summed E-state index contributed by atoms with van der Waals surface area (Å²) in [6.07, 6.45) is 1.57. The highest BCUT2D eigenvalue weighted by Crippen LogP contribution is 2.27. The Morgan fingerprint density at radius 2 is 1.75 bits per heavy atom. The van der Waals surface area contributed by atoms with E-state index in [2.05, 4.69) is 15.9 Å². The van der Waals surface area contributed by atoms with Crippen LogP contribution in [0.2, 0.25) is 5.02 Å². The maximum atomic E-state index is 13.8. The smallest absolute Gasteiger partial charge is 0.266 e. The molecule has 2 aromatic heterocycles. The first-order valence-corrected chi connectivity index (χ1v) is 12.5. The minimum Gasteiger partial charge on any atom is -0.467 e. The maximum absolute atomic E-state index is 13.8. The van der Waals surface area contributed by atoms with E-state index < -0.39 is 6.04 Å². The first kappa shape index (κ1) is 24.0. The fourth-order valence-corrected chi connectivity index (χ4v) is 4.51. The molecule has 5 rings (SSSR count). The van der Waals surface area contributed by atoms with Crippen LogP contribution >= 0.6 is 27.5 Å². The third-order valence-corrected chi connectivity index (χ3v) is 6.77. The van der Waals surface area contributed by atoms with Gasteiger partial charge < -0.3 is 9.32 Å². The lowest BCUT2D eigenvalue weighted by Gasteiger charge is -2.30. The van der Waals surface area contributed by atoms with Crippen LogP contribution in [0.3, 0.4) is 0 Å². The lowest BCUT2D eigenvalue weighted by atomic mass is 10.1. The van der Waals surface area contributed by atoms with Crippen molar-refractivity contribution < 1.29 is 9.21 Å². The summed E-state index contributed by atoms with van der Waals surface area (Å²) < 4.78 is 7.99. The van der Waals surface area contributed by atoms with Gasteiger partial charge in [-0.15, -0.1) is 0 Å². The number of nitrogens with zero attached hydrogens (tertiary/aromatic N) is 3. The molecule has 0 aliphatic rings. The van der Waals surface area contributed by atoms with Gasteiger partial charge in [0.25, 0.3) is 11.5 Å². The summed E-state index contributed by atoms with van der Waals surface area (Å²) in [5, 5.41) is 1.04. The second kappa shape index (κ2) is 10.1. The van der Waals surface area contributed by atoms with E-state index in [-0.39, 0.29) is 18.0 Å². The number of halogens is 2. The summed E-state index contributed by atoms with van der Waals surface area (Å²) in [6, 6.07) is 24.3. The fraction of sp³-hybridized carbons (Fsp3) is 0.107. The highest BCUT2D eigenvalue weighted by atomic mass is 79.9. The third kappa shape index (κ3) is 4.72. The molecule has 2 heterocycles. The van der Waals surface area contributed by atoms with Crippen molar-refractivity contribution in [3.63, 3.8) is 0 Å². The third-order valence-electron chi connectivity index (χ3n) is 5.99. The van der Waals surface area contributed by atoms with Gasteiger partial charge in [0.1, 0.15) is 11.6 Å². The van der Waals surface area contributed by atoms with Crippen LogP contribution in [0, 0.1) is 0 Å². The number of furan rings is 1. The Kier molecular flexibility index (Phi) is 6.76. The first-order valence-electron chi connectivity index (χ1n) is 11.3. The average Bonchev–Trinajstić information content (AvgIpc) is 3.41. The fourth-order valence-electron chi connectivity index (χ4n) is 4.12. The van der Waals surface area contributed by atoms with Gasteiger partial charge in [0.2, 0.25) is 0 Å². The van der Waals surface area contributed by atoms with Gasteiger partial charge in [0.05, 0.1) is 35.4 Å². The Bertz CT molecular complexity index is 1580. The molecule has 0 aliphatic carbocycles. The average molecular weight is 563 g/mol. The Balaban J connectivity index is 1.69. The zero-order valence-electron chi connectivity index (χ0n) is 19.3. The normalized spacial score (nSPS) is 12.0. The van der Waals surface area contributed by atoms with Crippen molar-refractivity contribution in [2.75, 3.05) is 0 Å². The number of carbonyl (C=O) groups is 1. The molecule has 3 aromatic carbocycles. The number of para-hydroxylation sites is 1. The summed E-state index contributed by atoms with van der Waals surface area (Å²) in [7, 11) is 0. The Labute approximate surface area is 220 Å². The molecule has 180 valence electrons. The number of amides is 1. The second-order valence-corrected chi connectivity index (χ2v) is 9.65. The molecule has 0 aliphatic heterocycles. The van der Waals surface area contributed by atoms with E-state index in [1.54, 1.807) is 76.4 Å². The van der Waals surface area contributed by atoms with Crippen molar-refractivity contribution in [2.45, 2.75) is 19.5 Å². The van der Waals surface area contributed by atoms with Gasteiger partial charge in [-0.25, -0.2) is 4.98 Å². The molecule has 0 saturated heterocycles. The summed E-state index contributed by atoms with van der Waals surface area (Å²) in [5.74, 6) is 0.836. The largest absolute Gasteiger partial charge is 0.467 e. The van der Waals surface area contributed by atoms with E-state index in [4.69, 9.17) is 21.0 Å². The summed E-state index contributed by atoms with van der Waals surface area (Å²) in [4.78, 5) is 34.0. The molecule has 0 radical (unpaired) electrons. The monoisotopic (exact) mass is 561 g/mol. The number of hydrogen-bond donors (Lipinski definition) is 0. The number of benzene rings is 3. The summed E-state index contributed by atoms with van der Waals surface area (Å²) >= 11 is 9.54. The number of rotatable bonds is 6. The molecule has 36 heavy (non-hydrogen) atoms. The topological polar surface area (TPSA) is 68.3 Å². The predicted molar refractivity (Wildman–Crippen MR) is 143 cm³/mol. The lowest BCUT2D eigenvalue weighted by molar-refractivity contribution is 0.0648. The van der Waals surface area contributed by atoms with Crippen LogP contribution in [-0.2, 0) is 6.54 Å². The molecule has 0 spiro atoms. The molecular weight excluding hydrogens is 542 g/mol. The number of fused-ring (bicyclic) bond motifs is 1. The van der Waals surface area contributed by atoms with Gasteiger partial charge in [0, 0.05) is 15.1 Å². The first-order chi connectivity index (χ1) is 17.4. The molecule has 1 unspecified atom stereocenters. The molecule has 6 nitrogen and oxygen atoms in total. The molecule has 0 bridgehead atoms. The SMILES string of the molecule is CC(c1nc2ccccc2c(=O)n1-c1ccc(Cl)cc1)N(Cc1ccco1)C(=O)c1ccc(Br)cc1. The summed E-state index contributed by atoms with van der Waals surface area (Å²) in [5.41, 5.74) is 1.46. The minimum atomic E-state index is -0.584. The molecule has 0 saturated carbocycles. The van der Waals surface area contributed by atoms with E-state index >= 15 is 0 Å². The van der Waals surface area contributed by atoms with Gasteiger partial charge in [-0.3, -0.25) is 14.2 Å². The van der Waals surface area contributed by atoms with Crippen molar-refractivity contribution in [1.82, 2.24) is 14.5 Å². The van der Waals surface area contributed by atoms with E-state index in [1.165, 1.54) is 0 Å². The highest BCUT2D eigenvalue weighted by Gasteiger charge is 2.28. The Hall–Kier alpha value is -3.68. The van der Waals surface area contributed by atoms with Crippen LogP contribution in [0.4, 0.5) is 0 Å². The zero-order chi connectivity index (χ0) is 25.2. The maximum Gasteiger partial charge on any atom is 0.266 e. The quantitative estimate of drug-likeness (QED) is 0.228. The van der Waals surface area contributed by atoms with Gasteiger partial charge in [0.15, 0.2) is 0 Å². The van der Waals surface area contributed by atoms with E-state index in [9.17, 15) is 9.59 Å². The van der Waals surface area contributed by atoms with Gasteiger partial charge in [-0.05, 0) is 79.7 Å². The van der Waals surface area contributed by atoms with Crippen molar-refractivity contribution >= 4 is 44.3 Å². The highest BCUT2D eigenvalue weighted by molar-refractivity contribution is 9.10. The van der Waals surface area contributed by atoms with Gasteiger partial charge in [-0.2, -0.15) is 0 Å². The van der Waals surface area contributed by atoms with E-state index in [0.717, 1.165) is 4.47 Å². The zero-order valence-corrected chi connectivity index (χ0v) is 21.6. The van der Waals surface area contributed by atoms with Crippen molar-refractivity contribution in [2.24, 2.45) is 0 Å². The molecule has 1 amide bonds. The van der Waals surface area contributed by atoms with Gasteiger partial charge >= 0.3 is 0 Å². The van der Waals surface area contributed by atoms with Crippen LogP contribution in [0.15, 0.2) is 105 Å². The van der Waals surface area contributed by atoms with E-state index in [1.807, 2.05) is 31.2 Å². The number of carbonyl (C=O) groups excluding carboxylic acids is 1. The molecular formula is C28H21BrClN3O3. The molecule has 5 aromatic rings. The molecule has 8 heteroatoms. The number of aromatic nitrogens is 2. The summed E-state index contributed by atoms with van der Waals surface area (Å²) in [6.45, 7) is 2.06. The number of hydrogen-bond acceptors (Lipinski definition) is 4.